The lowest BCUT2D eigenvalue weighted by Gasteiger charge is -2.46. The summed E-state index contributed by atoms with van der Waals surface area (Å²) in [7, 11) is 0. The molecule has 1 aromatic rings. The molecule has 0 amide bonds. The summed E-state index contributed by atoms with van der Waals surface area (Å²) < 4.78 is 6.06. The van der Waals surface area contributed by atoms with Crippen LogP contribution < -0.4 is 5.32 Å². The van der Waals surface area contributed by atoms with Gasteiger partial charge in [-0.1, -0.05) is 20.8 Å². The van der Waals surface area contributed by atoms with Gasteiger partial charge in [0, 0.05) is 24.4 Å². The van der Waals surface area contributed by atoms with Crippen LogP contribution >= 0.6 is 11.3 Å². The monoisotopic (exact) mass is 310 g/mol. The number of hydrogen-bond donors (Lipinski definition) is 1. The molecule has 0 spiro atoms. The second kappa shape index (κ2) is 6.35. The highest BCUT2D eigenvalue weighted by Crippen LogP contribution is 2.42. The molecule has 2 rings (SSSR count). The third kappa shape index (κ3) is 3.66. The smallest absolute Gasteiger partial charge is 0.113 e. The topological polar surface area (TPSA) is 34.2 Å². The van der Waals surface area contributed by atoms with Crippen LogP contribution in [0.2, 0.25) is 0 Å². The molecule has 2 atom stereocenters. The van der Waals surface area contributed by atoms with Crippen molar-refractivity contribution in [1.29, 1.82) is 0 Å². The lowest BCUT2D eigenvalue weighted by atomic mass is 9.79. The normalized spacial score (nSPS) is 30.3. The van der Waals surface area contributed by atoms with Gasteiger partial charge in [-0.25, -0.2) is 4.98 Å². The lowest BCUT2D eigenvalue weighted by Crippen LogP contribution is -2.55. The van der Waals surface area contributed by atoms with E-state index in [4.69, 9.17) is 9.72 Å². The molecule has 21 heavy (non-hydrogen) atoms. The minimum Gasteiger partial charge on any atom is -0.375 e. The molecule has 2 unspecified atom stereocenters. The zero-order chi connectivity index (χ0) is 15.7. The molecule has 1 aliphatic rings. The van der Waals surface area contributed by atoms with Crippen molar-refractivity contribution in [2.24, 2.45) is 0 Å². The largest absolute Gasteiger partial charge is 0.375 e. The van der Waals surface area contributed by atoms with Gasteiger partial charge in [0.1, 0.15) is 5.01 Å². The number of ether oxygens (including phenoxy) is 1. The van der Waals surface area contributed by atoms with Gasteiger partial charge in [-0.3, -0.25) is 0 Å². The fraction of sp³-hybridized carbons (Fsp3) is 0.824. The highest BCUT2D eigenvalue weighted by Gasteiger charge is 2.45. The Hall–Kier alpha value is -0.450. The van der Waals surface area contributed by atoms with Crippen LogP contribution in [0.3, 0.4) is 0 Å². The fourth-order valence-electron chi connectivity index (χ4n) is 3.17. The van der Waals surface area contributed by atoms with E-state index in [1.807, 2.05) is 11.3 Å². The van der Waals surface area contributed by atoms with Gasteiger partial charge in [0.05, 0.1) is 16.8 Å². The van der Waals surface area contributed by atoms with E-state index in [9.17, 15) is 0 Å². The highest BCUT2D eigenvalue weighted by molar-refractivity contribution is 7.09. The molecule has 3 nitrogen and oxygen atoms in total. The van der Waals surface area contributed by atoms with Crippen molar-refractivity contribution in [3.63, 3.8) is 0 Å². The average molecular weight is 311 g/mol. The number of rotatable bonds is 5. The molecule has 0 bridgehead atoms. The maximum atomic E-state index is 6.06. The fourth-order valence-corrected chi connectivity index (χ4v) is 4.34. The predicted molar refractivity (Wildman–Crippen MR) is 90.0 cm³/mol. The Labute approximate surface area is 133 Å². The molecular weight excluding hydrogens is 280 g/mol. The van der Waals surface area contributed by atoms with Gasteiger partial charge >= 0.3 is 0 Å². The summed E-state index contributed by atoms with van der Waals surface area (Å²) in [5.41, 5.74) is 1.13. The Morgan fingerprint density at radius 2 is 2.10 bits per heavy atom. The quantitative estimate of drug-likeness (QED) is 0.873. The highest BCUT2D eigenvalue weighted by atomic mass is 32.1. The number of thiazole rings is 1. The Bertz CT molecular complexity index is 471. The third-order valence-corrected chi connectivity index (χ3v) is 5.56. The first-order valence-corrected chi connectivity index (χ1v) is 9.06. The zero-order valence-corrected chi connectivity index (χ0v) is 15.1. The van der Waals surface area contributed by atoms with Crippen LogP contribution in [-0.2, 0) is 10.3 Å². The average Bonchev–Trinajstić information content (AvgIpc) is 2.88. The Morgan fingerprint density at radius 3 is 2.62 bits per heavy atom. The molecule has 1 aliphatic heterocycles. The van der Waals surface area contributed by atoms with Crippen LogP contribution in [0.5, 0.6) is 0 Å². The van der Waals surface area contributed by atoms with Crippen LogP contribution in [-0.4, -0.2) is 23.2 Å². The van der Waals surface area contributed by atoms with E-state index in [0.29, 0.717) is 12.0 Å². The van der Waals surface area contributed by atoms with Crippen molar-refractivity contribution in [3.05, 3.63) is 16.1 Å². The first-order valence-electron chi connectivity index (χ1n) is 8.18. The zero-order valence-electron chi connectivity index (χ0n) is 14.3. The number of hydrogen-bond acceptors (Lipinski definition) is 4. The van der Waals surface area contributed by atoms with E-state index in [-0.39, 0.29) is 11.1 Å². The first kappa shape index (κ1) is 16.9. The van der Waals surface area contributed by atoms with Crippen molar-refractivity contribution in [3.8, 4) is 0 Å². The molecule has 2 heterocycles. The minimum absolute atomic E-state index is 0.0328. The maximum absolute atomic E-state index is 6.06. The van der Waals surface area contributed by atoms with Gasteiger partial charge in [0.15, 0.2) is 0 Å². The third-order valence-electron chi connectivity index (χ3n) is 4.49. The summed E-state index contributed by atoms with van der Waals surface area (Å²) in [5, 5.41) is 7.28. The predicted octanol–water partition coefficient (Wildman–Crippen LogP) is 4.44. The van der Waals surface area contributed by atoms with Gasteiger partial charge in [-0.15, -0.1) is 11.3 Å². The van der Waals surface area contributed by atoms with Gasteiger partial charge < -0.3 is 10.1 Å². The van der Waals surface area contributed by atoms with Crippen LogP contribution in [0.1, 0.15) is 77.4 Å². The van der Waals surface area contributed by atoms with Crippen LogP contribution in [0, 0.1) is 0 Å². The summed E-state index contributed by atoms with van der Waals surface area (Å²) in [6, 6.07) is 0.440. The van der Waals surface area contributed by atoms with Crippen molar-refractivity contribution in [1.82, 2.24) is 10.3 Å². The molecule has 1 fully saturated rings. The van der Waals surface area contributed by atoms with Crippen molar-refractivity contribution < 1.29 is 4.74 Å². The van der Waals surface area contributed by atoms with E-state index >= 15 is 0 Å². The van der Waals surface area contributed by atoms with Crippen molar-refractivity contribution in [2.45, 2.75) is 83.9 Å². The van der Waals surface area contributed by atoms with Crippen LogP contribution in [0.15, 0.2) is 5.38 Å². The Kier molecular flexibility index (Phi) is 5.11. The second-order valence-corrected chi connectivity index (χ2v) is 8.05. The summed E-state index contributed by atoms with van der Waals surface area (Å²) in [6.45, 7) is 14.1. The summed E-state index contributed by atoms with van der Waals surface area (Å²) in [5.74, 6) is 0.489. The molecule has 0 aromatic carbocycles. The standard InChI is InChI=1S/C17H30N2OS/c1-7-16(6)11-17(8-9-20-16,19-13(4)5)15-18-14(10-21-15)12(2)3/h10,12-13,19H,7-9,11H2,1-6H3. The summed E-state index contributed by atoms with van der Waals surface area (Å²) >= 11 is 1.81. The van der Waals surface area contributed by atoms with E-state index in [2.05, 4.69) is 52.2 Å². The molecule has 0 saturated carbocycles. The van der Waals surface area contributed by atoms with Crippen molar-refractivity contribution >= 4 is 11.3 Å². The molecule has 1 saturated heterocycles. The summed E-state index contributed by atoms with van der Waals surface area (Å²) in [4.78, 5) is 4.96. The molecule has 0 radical (unpaired) electrons. The second-order valence-electron chi connectivity index (χ2n) is 7.19. The Morgan fingerprint density at radius 1 is 1.38 bits per heavy atom. The molecule has 1 N–H and O–H groups in total. The number of aromatic nitrogens is 1. The van der Waals surface area contributed by atoms with E-state index in [1.165, 1.54) is 10.7 Å². The molecule has 120 valence electrons. The molecule has 0 aliphatic carbocycles. The van der Waals surface area contributed by atoms with Gasteiger partial charge in [-0.2, -0.15) is 0 Å². The van der Waals surface area contributed by atoms with E-state index in [0.717, 1.165) is 25.9 Å². The van der Waals surface area contributed by atoms with Crippen LogP contribution in [0.4, 0.5) is 0 Å². The molecular formula is C17H30N2OS. The molecule has 1 aromatic heterocycles. The molecule has 4 heteroatoms. The van der Waals surface area contributed by atoms with Crippen molar-refractivity contribution in [2.75, 3.05) is 6.61 Å². The minimum atomic E-state index is -0.0518. The van der Waals surface area contributed by atoms with Gasteiger partial charge in [-0.05, 0) is 39.5 Å². The van der Waals surface area contributed by atoms with E-state index in [1.54, 1.807) is 0 Å². The lowest BCUT2D eigenvalue weighted by molar-refractivity contribution is -0.105. The van der Waals surface area contributed by atoms with Gasteiger partial charge in [0.2, 0.25) is 0 Å². The van der Waals surface area contributed by atoms with Crippen LogP contribution in [0.25, 0.3) is 0 Å². The SMILES string of the molecule is CCC1(C)CC(NC(C)C)(c2nc(C(C)C)cs2)CCO1. The van der Waals surface area contributed by atoms with E-state index < -0.39 is 0 Å². The van der Waals surface area contributed by atoms with Gasteiger partial charge in [0.25, 0.3) is 0 Å². The first-order chi connectivity index (χ1) is 9.80. The Balaban J connectivity index is 2.36. The maximum Gasteiger partial charge on any atom is 0.113 e. The summed E-state index contributed by atoms with van der Waals surface area (Å²) in [6.07, 6.45) is 3.04. The number of nitrogens with one attached hydrogen (secondary N) is 1. The number of nitrogens with zero attached hydrogens (tertiary/aromatic N) is 1.